The summed E-state index contributed by atoms with van der Waals surface area (Å²) < 4.78 is 34.3. The van der Waals surface area contributed by atoms with Crippen LogP contribution in [0.3, 0.4) is 0 Å². The second-order valence-electron chi connectivity index (χ2n) is 23.1. The molecule has 0 radical (unpaired) electrons. The van der Waals surface area contributed by atoms with Gasteiger partial charge in [0.25, 0.3) is 7.82 Å². The molecule has 0 aliphatic carbocycles. The van der Waals surface area contributed by atoms with Crippen molar-refractivity contribution in [1.82, 2.24) is 0 Å². The van der Waals surface area contributed by atoms with Crippen molar-refractivity contribution >= 4 is 19.8 Å². The SMILES string of the molecule is CC/C=C\C/C=C\C/C=C\C/C=C\C/C=C\C/C=C\C/C=C\C/C=C\CCCCCCCCCCCCC(=O)OC(COC(=O)CCCCCCCCCCCCCC/C=C\C/C=C\C/C=C\C/C=C\CC)COP(=O)([O-])OCC[N+](C)(C)C. The molecule has 2 unspecified atom stereocenters. The number of hydrogen-bond acceptors (Lipinski definition) is 8. The zero-order valence-corrected chi connectivity index (χ0v) is 55.2. The number of likely N-dealkylation sites (N-methyl/N-ethyl adjacent to an activating group) is 1. The number of phosphoric ester groups is 1. The van der Waals surface area contributed by atoms with Gasteiger partial charge in [-0.15, -0.1) is 0 Å². The maximum absolute atomic E-state index is 12.9. The Labute approximate surface area is 516 Å². The Morgan fingerprint density at radius 3 is 0.952 bits per heavy atom. The molecular formula is C74H124NO8P. The molecule has 10 heteroatoms. The third-order valence-corrected chi connectivity index (χ3v) is 14.8. The molecule has 0 rings (SSSR count). The van der Waals surface area contributed by atoms with E-state index in [1.165, 1.54) is 96.3 Å². The lowest BCUT2D eigenvalue weighted by Crippen LogP contribution is -2.37. The second kappa shape index (κ2) is 63.4. The lowest BCUT2D eigenvalue weighted by Gasteiger charge is -2.28. The van der Waals surface area contributed by atoms with Crippen molar-refractivity contribution in [3.8, 4) is 0 Å². The average molecular weight is 1190 g/mol. The zero-order valence-electron chi connectivity index (χ0n) is 54.3. The minimum absolute atomic E-state index is 0.0388. The van der Waals surface area contributed by atoms with E-state index in [4.69, 9.17) is 18.5 Å². The van der Waals surface area contributed by atoms with Gasteiger partial charge in [-0.25, -0.2) is 0 Å². The molecular weight excluding hydrogens is 1060 g/mol. The molecule has 0 fully saturated rings. The topological polar surface area (TPSA) is 111 Å². The summed E-state index contributed by atoms with van der Waals surface area (Å²) in [5, 5.41) is 0. The Balaban J connectivity index is 4.13. The van der Waals surface area contributed by atoms with Crippen LogP contribution in [0, 0.1) is 0 Å². The van der Waals surface area contributed by atoms with Crippen LogP contribution in [0.5, 0.6) is 0 Å². The van der Waals surface area contributed by atoms with Gasteiger partial charge in [0.05, 0.1) is 27.7 Å². The predicted molar refractivity (Wildman–Crippen MR) is 360 cm³/mol. The molecule has 0 saturated carbocycles. The smallest absolute Gasteiger partial charge is 0.306 e. The van der Waals surface area contributed by atoms with Crippen molar-refractivity contribution in [2.24, 2.45) is 0 Å². The van der Waals surface area contributed by atoms with Gasteiger partial charge >= 0.3 is 11.9 Å². The summed E-state index contributed by atoms with van der Waals surface area (Å²) in [4.78, 5) is 38.0. The van der Waals surface area contributed by atoms with Crippen LogP contribution in [0.25, 0.3) is 0 Å². The highest BCUT2D eigenvalue weighted by molar-refractivity contribution is 7.45. The van der Waals surface area contributed by atoms with Gasteiger partial charge in [0, 0.05) is 12.8 Å². The number of nitrogens with zero attached hydrogens (tertiary/aromatic N) is 1. The second-order valence-corrected chi connectivity index (χ2v) is 24.5. The number of quaternary nitrogens is 1. The Kier molecular flexibility index (Phi) is 60.3. The molecule has 0 amide bonds. The normalized spacial score (nSPS) is 14.1. The number of carbonyl (C=O) groups excluding carboxylic acids is 2. The van der Waals surface area contributed by atoms with E-state index in [0.717, 1.165) is 128 Å². The van der Waals surface area contributed by atoms with Crippen molar-refractivity contribution in [1.29, 1.82) is 0 Å². The minimum Gasteiger partial charge on any atom is -0.756 e. The molecule has 9 nitrogen and oxygen atoms in total. The van der Waals surface area contributed by atoms with Crippen LogP contribution >= 0.6 is 7.82 Å². The summed E-state index contributed by atoms with van der Waals surface area (Å²) >= 11 is 0. The van der Waals surface area contributed by atoms with Gasteiger partial charge in [-0.3, -0.25) is 14.2 Å². The summed E-state index contributed by atoms with van der Waals surface area (Å²) in [6.45, 7) is 4.01. The van der Waals surface area contributed by atoms with Gasteiger partial charge in [0.2, 0.25) is 0 Å². The van der Waals surface area contributed by atoms with Crippen LogP contribution in [-0.4, -0.2) is 70.0 Å². The van der Waals surface area contributed by atoms with Crippen LogP contribution in [0.4, 0.5) is 0 Å². The molecule has 0 aliphatic rings. The van der Waals surface area contributed by atoms with Gasteiger partial charge < -0.3 is 27.9 Å². The van der Waals surface area contributed by atoms with Gasteiger partial charge in [-0.2, -0.15) is 0 Å². The molecule has 0 saturated heterocycles. The summed E-state index contributed by atoms with van der Waals surface area (Å²) in [7, 11) is 1.15. The molecule has 0 spiro atoms. The summed E-state index contributed by atoms with van der Waals surface area (Å²) in [5.74, 6) is -0.845. The number of hydrogen-bond donors (Lipinski definition) is 0. The largest absolute Gasteiger partial charge is 0.756 e. The fourth-order valence-electron chi connectivity index (χ4n) is 8.78. The molecule has 0 aromatic carbocycles. The van der Waals surface area contributed by atoms with E-state index in [1.807, 2.05) is 21.1 Å². The van der Waals surface area contributed by atoms with E-state index in [2.05, 4.69) is 160 Å². The fourth-order valence-corrected chi connectivity index (χ4v) is 9.51. The fraction of sp³-hybridized carbons (Fsp3) is 0.649. The predicted octanol–water partition coefficient (Wildman–Crippen LogP) is 21.2. The van der Waals surface area contributed by atoms with Crippen molar-refractivity contribution in [2.75, 3.05) is 47.5 Å². The number of allylic oxidation sites excluding steroid dienone is 24. The van der Waals surface area contributed by atoms with Crippen LogP contribution < -0.4 is 4.89 Å². The van der Waals surface area contributed by atoms with E-state index in [0.29, 0.717) is 17.4 Å². The van der Waals surface area contributed by atoms with Crippen LogP contribution in [-0.2, 0) is 32.7 Å². The van der Waals surface area contributed by atoms with Crippen LogP contribution in [0.2, 0.25) is 0 Å². The molecule has 0 bridgehead atoms. The Bertz CT molecular complexity index is 1930. The molecule has 84 heavy (non-hydrogen) atoms. The number of phosphoric acid groups is 1. The molecule has 0 aromatic heterocycles. The minimum atomic E-state index is -4.65. The lowest BCUT2D eigenvalue weighted by molar-refractivity contribution is -0.870. The first-order valence-electron chi connectivity index (χ1n) is 33.5. The maximum atomic E-state index is 12.9. The monoisotopic (exact) mass is 1190 g/mol. The van der Waals surface area contributed by atoms with Crippen LogP contribution in [0.1, 0.15) is 258 Å². The zero-order chi connectivity index (χ0) is 61.2. The van der Waals surface area contributed by atoms with Crippen molar-refractivity contribution in [3.05, 3.63) is 146 Å². The number of unbranched alkanes of at least 4 members (excludes halogenated alkanes) is 22. The van der Waals surface area contributed by atoms with E-state index >= 15 is 0 Å². The maximum Gasteiger partial charge on any atom is 0.306 e. The number of ether oxygens (including phenoxy) is 2. The van der Waals surface area contributed by atoms with Gasteiger partial charge in [-0.1, -0.05) is 275 Å². The average Bonchev–Trinajstić information content (AvgIpc) is 3.61. The standard InChI is InChI=1S/C74H124NO8P/c1-6-8-10-12-14-16-18-20-22-24-26-28-30-32-33-34-35-36-37-38-39-40-41-43-45-47-49-51-53-55-57-59-61-63-65-67-74(77)83-72(71-82-84(78,79)81-69-68-75(3,4)5)70-80-73(76)66-64-62-60-58-56-54-52-50-48-46-44-42-31-29-27-25-23-21-19-17-15-13-11-9-7-2/h8-11,14-17,20-23,26-29,32-33,35-36,38-39,41,43,72H,6-7,12-13,18-19,24-25,30-31,34,37,40,42,44-71H2,1-5H3/b10-8-,11-9-,16-14-,17-15-,22-20-,23-21-,28-26-,29-27-,33-32-,36-35-,39-38-,43-41-. The Morgan fingerprint density at radius 1 is 0.369 bits per heavy atom. The number of esters is 2. The Hall–Kier alpha value is -4.11. The summed E-state index contributed by atoms with van der Waals surface area (Å²) in [6, 6.07) is 0. The van der Waals surface area contributed by atoms with Crippen LogP contribution in [0.15, 0.2) is 146 Å². The number of rotatable bonds is 60. The Morgan fingerprint density at radius 2 is 0.643 bits per heavy atom. The van der Waals surface area contributed by atoms with E-state index < -0.39 is 26.5 Å². The van der Waals surface area contributed by atoms with E-state index in [9.17, 15) is 19.0 Å². The first-order valence-corrected chi connectivity index (χ1v) is 35.0. The molecule has 0 aromatic rings. The van der Waals surface area contributed by atoms with Crippen molar-refractivity contribution < 1.29 is 42.1 Å². The van der Waals surface area contributed by atoms with Crippen molar-refractivity contribution in [2.45, 2.75) is 264 Å². The highest BCUT2D eigenvalue weighted by Crippen LogP contribution is 2.38. The molecule has 0 aliphatic heterocycles. The summed E-state index contributed by atoms with van der Waals surface area (Å²) in [6.07, 6.45) is 93.3. The molecule has 2 atom stereocenters. The molecule has 0 N–H and O–H groups in total. The van der Waals surface area contributed by atoms with Gasteiger partial charge in [0.15, 0.2) is 6.10 Å². The molecule has 0 heterocycles. The highest BCUT2D eigenvalue weighted by atomic mass is 31.2. The van der Waals surface area contributed by atoms with Gasteiger partial charge in [0.1, 0.15) is 19.8 Å². The lowest BCUT2D eigenvalue weighted by atomic mass is 10.0. The van der Waals surface area contributed by atoms with E-state index in [1.54, 1.807) is 0 Å². The first-order chi connectivity index (χ1) is 41.0. The first kappa shape index (κ1) is 79.9. The number of carbonyl (C=O) groups is 2. The van der Waals surface area contributed by atoms with Crippen molar-refractivity contribution in [3.63, 3.8) is 0 Å². The third-order valence-electron chi connectivity index (χ3n) is 13.9. The third kappa shape index (κ3) is 67.0. The molecule has 478 valence electrons. The summed E-state index contributed by atoms with van der Waals surface area (Å²) in [5.41, 5.74) is 0. The van der Waals surface area contributed by atoms with E-state index in [-0.39, 0.29) is 32.0 Å². The van der Waals surface area contributed by atoms with Gasteiger partial charge in [-0.05, 0) is 116 Å². The highest BCUT2D eigenvalue weighted by Gasteiger charge is 2.22. The quantitative estimate of drug-likeness (QED) is 0.0195.